The van der Waals surface area contributed by atoms with Gasteiger partial charge in [0.1, 0.15) is 17.4 Å². The van der Waals surface area contributed by atoms with Crippen molar-refractivity contribution in [2.45, 2.75) is 20.8 Å². The van der Waals surface area contributed by atoms with Crippen LogP contribution in [0.4, 0.5) is 11.4 Å². The quantitative estimate of drug-likeness (QED) is 0.299. The summed E-state index contributed by atoms with van der Waals surface area (Å²) in [5.74, 6) is -0.299. The Kier molecular flexibility index (Phi) is 8.23. The van der Waals surface area contributed by atoms with Crippen molar-refractivity contribution in [3.8, 4) is 11.8 Å². The Morgan fingerprint density at radius 1 is 1.03 bits per heavy atom. The first-order chi connectivity index (χ1) is 16.3. The average molecular weight is 518 g/mol. The highest BCUT2D eigenvalue weighted by Crippen LogP contribution is 2.27. The SMILES string of the molecule is Cc1cccc(NC(=O)COc2ccc(/C=C(/C#N)C(=O)Nc3cccc(C)c3C)cc2Br)c1. The highest BCUT2D eigenvalue weighted by Gasteiger charge is 2.13. The van der Waals surface area contributed by atoms with E-state index >= 15 is 0 Å². The third-order valence-corrected chi connectivity index (χ3v) is 5.77. The van der Waals surface area contributed by atoms with Crippen LogP contribution in [0.3, 0.4) is 0 Å². The number of amides is 2. The van der Waals surface area contributed by atoms with E-state index in [2.05, 4.69) is 26.6 Å². The van der Waals surface area contributed by atoms with Gasteiger partial charge in [0, 0.05) is 11.4 Å². The van der Waals surface area contributed by atoms with Crippen LogP contribution >= 0.6 is 15.9 Å². The van der Waals surface area contributed by atoms with E-state index in [-0.39, 0.29) is 18.1 Å². The Balaban J connectivity index is 1.65. The van der Waals surface area contributed by atoms with Crippen LogP contribution in [0, 0.1) is 32.1 Å². The molecule has 3 rings (SSSR count). The maximum absolute atomic E-state index is 12.6. The third kappa shape index (κ3) is 6.56. The van der Waals surface area contributed by atoms with Crippen LogP contribution < -0.4 is 15.4 Å². The first-order valence-electron chi connectivity index (χ1n) is 10.5. The minimum atomic E-state index is -0.486. The number of benzene rings is 3. The maximum Gasteiger partial charge on any atom is 0.266 e. The number of nitrogens with one attached hydrogen (secondary N) is 2. The molecular formula is C27H24BrN3O3. The summed E-state index contributed by atoms with van der Waals surface area (Å²) in [6, 6.07) is 20.2. The predicted octanol–water partition coefficient (Wildman–Crippen LogP) is 5.94. The molecule has 0 heterocycles. The summed E-state index contributed by atoms with van der Waals surface area (Å²) < 4.78 is 6.21. The van der Waals surface area contributed by atoms with Gasteiger partial charge in [-0.05, 0) is 95.4 Å². The summed E-state index contributed by atoms with van der Waals surface area (Å²) in [5, 5.41) is 15.1. The fourth-order valence-corrected chi connectivity index (χ4v) is 3.69. The van der Waals surface area contributed by atoms with E-state index in [1.807, 2.05) is 63.2 Å². The molecule has 2 N–H and O–H groups in total. The van der Waals surface area contributed by atoms with Gasteiger partial charge in [0.05, 0.1) is 4.47 Å². The van der Waals surface area contributed by atoms with Gasteiger partial charge in [-0.15, -0.1) is 0 Å². The van der Waals surface area contributed by atoms with Crippen LogP contribution in [0.15, 0.2) is 70.7 Å². The molecule has 34 heavy (non-hydrogen) atoms. The van der Waals surface area contributed by atoms with Crippen LogP contribution in [0.2, 0.25) is 0 Å². The van der Waals surface area contributed by atoms with E-state index < -0.39 is 5.91 Å². The maximum atomic E-state index is 12.6. The topological polar surface area (TPSA) is 91.2 Å². The summed E-state index contributed by atoms with van der Waals surface area (Å²) in [7, 11) is 0. The molecule has 0 fully saturated rings. The molecule has 0 atom stereocenters. The van der Waals surface area contributed by atoms with Gasteiger partial charge in [-0.1, -0.05) is 30.3 Å². The lowest BCUT2D eigenvalue weighted by Crippen LogP contribution is -2.20. The highest BCUT2D eigenvalue weighted by atomic mass is 79.9. The molecule has 3 aromatic carbocycles. The number of rotatable bonds is 7. The number of hydrogen-bond donors (Lipinski definition) is 2. The van der Waals surface area contributed by atoms with E-state index in [1.54, 1.807) is 24.3 Å². The zero-order valence-electron chi connectivity index (χ0n) is 19.1. The monoisotopic (exact) mass is 517 g/mol. The van der Waals surface area contributed by atoms with E-state index in [4.69, 9.17) is 4.74 Å². The number of nitrogens with zero attached hydrogens (tertiary/aromatic N) is 1. The minimum Gasteiger partial charge on any atom is -0.483 e. The molecule has 2 amide bonds. The smallest absolute Gasteiger partial charge is 0.266 e. The Labute approximate surface area is 207 Å². The molecule has 0 bridgehead atoms. The Bertz CT molecular complexity index is 1310. The van der Waals surface area contributed by atoms with Crippen molar-refractivity contribution >= 4 is 45.2 Å². The first kappa shape index (κ1) is 24.7. The largest absolute Gasteiger partial charge is 0.483 e. The molecule has 0 radical (unpaired) electrons. The van der Waals surface area contributed by atoms with Gasteiger partial charge >= 0.3 is 0 Å². The molecule has 3 aromatic rings. The van der Waals surface area contributed by atoms with E-state index in [9.17, 15) is 14.9 Å². The predicted molar refractivity (Wildman–Crippen MR) is 138 cm³/mol. The van der Waals surface area contributed by atoms with Crippen molar-refractivity contribution in [1.82, 2.24) is 0 Å². The lowest BCUT2D eigenvalue weighted by Gasteiger charge is -2.11. The van der Waals surface area contributed by atoms with Crippen molar-refractivity contribution in [3.05, 3.63) is 93.0 Å². The fraction of sp³-hybridized carbons (Fsp3) is 0.148. The number of aryl methyl sites for hydroxylation is 2. The van der Waals surface area contributed by atoms with Crippen LogP contribution in [0.1, 0.15) is 22.3 Å². The van der Waals surface area contributed by atoms with Crippen molar-refractivity contribution < 1.29 is 14.3 Å². The summed E-state index contributed by atoms with van der Waals surface area (Å²) >= 11 is 3.42. The minimum absolute atomic E-state index is 0.0287. The number of halogens is 1. The van der Waals surface area contributed by atoms with Gasteiger partial charge < -0.3 is 15.4 Å². The number of carbonyl (C=O) groups is 2. The van der Waals surface area contributed by atoms with Gasteiger partial charge in [0.15, 0.2) is 6.61 Å². The zero-order valence-corrected chi connectivity index (χ0v) is 20.7. The van der Waals surface area contributed by atoms with Crippen molar-refractivity contribution in [2.75, 3.05) is 17.2 Å². The van der Waals surface area contributed by atoms with Gasteiger partial charge in [-0.2, -0.15) is 5.26 Å². The molecule has 7 heteroatoms. The molecule has 172 valence electrons. The highest BCUT2D eigenvalue weighted by molar-refractivity contribution is 9.10. The lowest BCUT2D eigenvalue weighted by molar-refractivity contribution is -0.118. The number of ether oxygens (including phenoxy) is 1. The second-order valence-electron chi connectivity index (χ2n) is 7.77. The van der Waals surface area contributed by atoms with Gasteiger partial charge in [-0.25, -0.2) is 0 Å². The Morgan fingerprint density at radius 3 is 2.50 bits per heavy atom. The van der Waals surface area contributed by atoms with E-state index in [0.717, 1.165) is 16.7 Å². The van der Waals surface area contributed by atoms with Crippen LogP contribution in [0.25, 0.3) is 6.08 Å². The molecule has 0 saturated heterocycles. The molecule has 0 aromatic heterocycles. The lowest BCUT2D eigenvalue weighted by atomic mass is 10.1. The summed E-state index contributed by atoms with van der Waals surface area (Å²) in [6.07, 6.45) is 1.50. The Morgan fingerprint density at radius 2 is 1.79 bits per heavy atom. The normalized spacial score (nSPS) is 10.9. The zero-order chi connectivity index (χ0) is 24.7. The van der Waals surface area contributed by atoms with Crippen molar-refractivity contribution in [3.63, 3.8) is 0 Å². The van der Waals surface area contributed by atoms with Crippen molar-refractivity contribution in [1.29, 1.82) is 5.26 Å². The third-order valence-electron chi connectivity index (χ3n) is 5.15. The molecule has 0 aliphatic rings. The fourth-order valence-electron chi connectivity index (χ4n) is 3.18. The van der Waals surface area contributed by atoms with Crippen LogP contribution in [0.5, 0.6) is 5.75 Å². The first-order valence-corrected chi connectivity index (χ1v) is 11.3. The summed E-state index contributed by atoms with van der Waals surface area (Å²) in [6.45, 7) is 5.66. The molecule has 0 saturated carbocycles. The van der Waals surface area contributed by atoms with Crippen molar-refractivity contribution in [2.24, 2.45) is 0 Å². The second kappa shape index (κ2) is 11.3. The summed E-state index contributed by atoms with van der Waals surface area (Å²) in [4.78, 5) is 24.8. The van der Waals surface area contributed by atoms with E-state index in [1.165, 1.54) is 6.08 Å². The summed E-state index contributed by atoms with van der Waals surface area (Å²) in [5.41, 5.74) is 5.02. The number of nitriles is 1. The number of anilines is 2. The molecule has 0 unspecified atom stereocenters. The van der Waals surface area contributed by atoms with Crippen LogP contribution in [-0.2, 0) is 9.59 Å². The van der Waals surface area contributed by atoms with E-state index in [0.29, 0.717) is 27.2 Å². The van der Waals surface area contributed by atoms with Gasteiger partial charge in [0.2, 0.25) is 0 Å². The number of carbonyl (C=O) groups excluding carboxylic acids is 2. The Hall–Kier alpha value is -3.89. The average Bonchev–Trinajstić information content (AvgIpc) is 2.80. The standard InChI is InChI=1S/C27H24BrN3O3/c1-17-6-4-8-22(12-17)30-26(32)16-34-25-11-10-20(14-23(25)28)13-21(15-29)27(33)31-24-9-5-7-18(2)19(24)3/h4-14H,16H2,1-3H3,(H,30,32)(H,31,33)/b21-13-. The number of hydrogen-bond acceptors (Lipinski definition) is 4. The van der Waals surface area contributed by atoms with Gasteiger partial charge in [-0.3, -0.25) is 9.59 Å². The molecule has 6 nitrogen and oxygen atoms in total. The molecule has 0 spiro atoms. The second-order valence-corrected chi connectivity index (χ2v) is 8.62. The molecule has 0 aliphatic heterocycles. The molecular weight excluding hydrogens is 494 g/mol. The van der Waals surface area contributed by atoms with Crippen LogP contribution in [-0.4, -0.2) is 18.4 Å². The van der Waals surface area contributed by atoms with Gasteiger partial charge in [0.25, 0.3) is 11.8 Å². The molecule has 0 aliphatic carbocycles.